The summed E-state index contributed by atoms with van der Waals surface area (Å²) in [5.74, 6) is -1.20. The first-order chi connectivity index (χ1) is 14.0. The first kappa shape index (κ1) is 20.5. The van der Waals surface area contributed by atoms with Crippen LogP contribution in [0.15, 0.2) is 89.9 Å². The predicted molar refractivity (Wildman–Crippen MR) is 116 cm³/mol. The van der Waals surface area contributed by atoms with E-state index in [2.05, 4.69) is 10.3 Å². The quantitative estimate of drug-likeness (QED) is 0.585. The van der Waals surface area contributed by atoms with Crippen LogP contribution in [-0.2, 0) is 11.3 Å². The molecule has 0 saturated heterocycles. The molecule has 0 aliphatic heterocycles. The highest BCUT2D eigenvalue weighted by molar-refractivity contribution is 6.42. The molecule has 2 amide bonds. The first-order valence-electron chi connectivity index (χ1n) is 9.30. The lowest BCUT2D eigenvalue weighted by Crippen LogP contribution is -2.34. The molecule has 0 bridgehead atoms. The van der Waals surface area contributed by atoms with Gasteiger partial charge < -0.3 is 5.32 Å². The van der Waals surface area contributed by atoms with E-state index in [1.54, 1.807) is 36.4 Å². The van der Waals surface area contributed by atoms with Crippen LogP contribution in [0, 0.1) is 0 Å². The average molecular weight is 405 g/mol. The molecule has 3 rings (SSSR count). The number of nitrogens with one attached hydrogen (secondary N) is 1. The minimum atomic E-state index is -0.448. The maximum absolute atomic E-state index is 12.9. The highest BCUT2D eigenvalue weighted by Crippen LogP contribution is 2.20. The van der Waals surface area contributed by atoms with Gasteiger partial charge in [0.2, 0.25) is 0 Å². The van der Waals surface area contributed by atoms with Crippen molar-refractivity contribution in [3.8, 4) is 0 Å². The zero-order valence-electron chi connectivity index (χ0n) is 16.0. The summed E-state index contributed by atoms with van der Waals surface area (Å²) in [5, 5.41) is 3.47. The molecule has 0 saturated carbocycles. The fraction of sp³-hybridized carbons (Fsp3) is 0.125. The topological polar surface area (TPSA) is 58.5 Å². The lowest BCUT2D eigenvalue weighted by atomic mass is 9.95. The maximum Gasteiger partial charge on any atom is 0.277 e. The second kappa shape index (κ2) is 9.80. The molecule has 1 atom stereocenters. The smallest absolute Gasteiger partial charge is 0.277 e. The Morgan fingerprint density at radius 1 is 0.897 bits per heavy atom. The van der Waals surface area contributed by atoms with Crippen LogP contribution in [0.2, 0.25) is 5.02 Å². The van der Waals surface area contributed by atoms with E-state index in [-0.39, 0.29) is 17.5 Å². The number of hydrogen-bond donors (Lipinski definition) is 1. The van der Waals surface area contributed by atoms with E-state index >= 15 is 0 Å². The van der Waals surface area contributed by atoms with Crippen LogP contribution >= 0.6 is 11.6 Å². The monoisotopic (exact) mass is 404 g/mol. The third-order valence-electron chi connectivity index (χ3n) is 4.55. The minimum absolute atomic E-state index is 0.164. The van der Waals surface area contributed by atoms with Gasteiger partial charge >= 0.3 is 0 Å². The van der Waals surface area contributed by atoms with Crippen molar-refractivity contribution in [2.24, 2.45) is 4.99 Å². The summed E-state index contributed by atoms with van der Waals surface area (Å²) in [5.41, 5.74) is 2.42. The Kier molecular flexibility index (Phi) is 6.93. The predicted octanol–water partition coefficient (Wildman–Crippen LogP) is 5.04. The van der Waals surface area contributed by atoms with Gasteiger partial charge in [-0.05, 0) is 35.4 Å². The molecule has 0 spiro atoms. The molecule has 0 aliphatic carbocycles. The molecule has 4 nitrogen and oxygen atoms in total. The minimum Gasteiger partial charge on any atom is -0.347 e. The second-order valence-corrected chi connectivity index (χ2v) is 7.05. The molecule has 0 fully saturated rings. The van der Waals surface area contributed by atoms with Crippen molar-refractivity contribution in [3.05, 3.63) is 107 Å². The summed E-state index contributed by atoms with van der Waals surface area (Å²) in [6.45, 7) is 2.20. The lowest BCUT2D eigenvalue weighted by molar-refractivity contribution is -0.115. The Bertz CT molecular complexity index is 1000. The van der Waals surface area contributed by atoms with Gasteiger partial charge in [-0.25, -0.2) is 4.99 Å². The second-order valence-electron chi connectivity index (χ2n) is 6.61. The number of rotatable bonds is 6. The van der Waals surface area contributed by atoms with E-state index in [0.29, 0.717) is 17.1 Å². The SMILES string of the molecule is CC(C(=NC(=O)c1ccccc1)C(=O)NCc1ccccc1)c1ccc(Cl)cc1. The largest absolute Gasteiger partial charge is 0.347 e. The summed E-state index contributed by atoms with van der Waals surface area (Å²) in [4.78, 5) is 29.8. The molecular weight excluding hydrogens is 384 g/mol. The van der Waals surface area contributed by atoms with Crippen molar-refractivity contribution in [2.45, 2.75) is 19.4 Å². The third kappa shape index (κ3) is 5.62. The molecule has 146 valence electrons. The zero-order chi connectivity index (χ0) is 20.6. The average Bonchev–Trinajstić information content (AvgIpc) is 2.77. The molecule has 0 aliphatic rings. The van der Waals surface area contributed by atoms with Crippen LogP contribution in [0.4, 0.5) is 0 Å². The molecule has 0 aromatic heterocycles. The molecule has 5 heteroatoms. The van der Waals surface area contributed by atoms with E-state index in [9.17, 15) is 9.59 Å². The van der Waals surface area contributed by atoms with Crippen LogP contribution in [0.1, 0.15) is 34.3 Å². The number of hydrogen-bond acceptors (Lipinski definition) is 2. The van der Waals surface area contributed by atoms with Gasteiger partial charge in [0, 0.05) is 23.0 Å². The van der Waals surface area contributed by atoms with Crippen molar-refractivity contribution in [1.29, 1.82) is 0 Å². The van der Waals surface area contributed by atoms with Gasteiger partial charge in [0.1, 0.15) is 5.71 Å². The van der Waals surface area contributed by atoms with Gasteiger partial charge in [0.15, 0.2) is 0 Å². The molecule has 3 aromatic rings. The van der Waals surface area contributed by atoms with Crippen LogP contribution in [0.5, 0.6) is 0 Å². The standard InChI is InChI=1S/C24H21ClN2O2/c1-17(19-12-14-21(25)15-13-19)22(27-23(28)20-10-6-3-7-11-20)24(29)26-16-18-8-4-2-5-9-18/h2-15,17H,16H2,1H3,(H,26,29). The Labute approximate surface area is 175 Å². The van der Waals surface area contributed by atoms with Gasteiger partial charge in [-0.15, -0.1) is 0 Å². The summed E-state index contributed by atoms with van der Waals surface area (Å²) >= 11 is 5.98. The highest BCUT2D eigenvalue weighted by Gasteiger charge is 2.22. The summed E-state index contributed by atoms with van der Waals surface area (Å²) in [6, 6.07) is 25.5. The molecule has 0 radical (unpaired) electrons. The van der Waals surface area contributed by atoms with Crippen LogP contribution in [-0.4, -0.2) is 17.5 Å². The molecule has 1 unspecified atom stereocenters. The molecule has 1 N–H and O–H groups in total. The number of carbonyl (C=O) groups excluding carboxylic acids is 2. The molecule has 0 heterocycles. The number of carbonyl (C=O) groups is 2. The van der Waals surface area contributed by atoms with E-state index < -0.39 is 5.91 Å². The van der Waals surface area contributed by atoms with E-state index in [1.807, 2.05) is 55.5 Å². The fourth-order valence-corrected chi connectivity index (χ4v) is 3.00. The number of benzene rings is 3. The molecular formula is C24H21ClN2O2. The third-order valence-corrected chi connectivity index (χ3v) is 4.80. The van der Waals surface area contributed by atoms with Crippen molar-refractivity contribution in [1.82, 2.24) is 5.32 Å². The molecule has 3 aromatic carbocycles. The normalized spacial score (nSPS) is 12.3. The first-order valence-corrected chi connectivity index (χ1v) is 9.68. The summed E-state index contributed by atoms with van der Waals surface area (Å²) < 4.78 is 0. The van der Waals surface area contributed by atoms with E-state index in [0.717, 1.165) is 11.1 Å². The Morgan fingerprint density at radius 3 is 2.10 bits per heavy atom. The van der Waals surface area contributed by atoms with Crippen molar-refractivity contribution < 1.29 is 9.59 Å². The summed E-state index contributed by atoms with van der Waals surface area (Å²) in [7, 11) is 0. The lowest BCUT2D eigenvalue weighted by Gasteiger charge is -2.15. The van der Waals surface area contributed by atoms with Crippen molar-refractivity contribution in [2.75, 3.05) is 0 Å². The Balaban J connectivity index is 1.87. The number of halogens is 1. The van der Waals surface area contributed by atoms with Crippen molar-refractivity contribution in [3.63, 3.8) is 0 Å². The Morgan fingerprint density at radius 2 is 1.48 bits per heavy atom. The van der Waals surface area contributed by atoms with Gasteiger partial charge in [-0.1, -0.05) is 79.2 Å². The summed E-state index contributed by atoms with van der Waals surface area (Å²) in [6.07, 6.45) is 0. The van der Waals surface area contributed by atoms with Crippen LogP contribution < -0.4 is 5.32 Å². The zero-order valence-corrected chi connectivity index (χ0v) is 16.8. The van der Waals surface area contributed by atoms with E-state index in [4.69, 9.17) is 11.6 Å². The fourth-order valence-electron chi connectivity index (χ4n) is 2.88. The number of amides is 2. The van der Waals surface area contributed by atoms with Gasteiger partial charge in [-0.2, -0.15) is 0 Å². The van der Waals surface area contributed by atoms with Crippen molar-refractivity contribution >= 4 is 29.1 Å². The Hall–Kier alpha value is -3.24. The van der Waals surface area contributed by atoms with E-state index in [1.165, 1.54) is 0 Å². The van der Waals surface area contributed by atoms with Gasteiger partial charge in [0.05, 0.1) is 0 Å². The maximum atomic E-state index is 12.9. The molecule has 29 heavy (non-hydrogen) atoms. The highest BCUT2D eigenvalue weighted by atomic mass is 35.5. The van der Waals surface area contributed by atoms with Gasteiger partial charge in [0.25, 0.3) is 11.8 Å². The number of aliphatic imine (C=N–C) groups is 1. The van der Waals surface area contributed by atoms with Crippen LogP contribution in [0.25, 0.3) is 0 Å². The number of nitrogens with zero attached hydrogens (tertiary/aromatic N) is 1. The van der Waals surface area contributed by atoms with Crippen LogP contribution in [0.3, 0.4) is 0 Å². The van der Waals surface area contributed by atoms with Gasteiger partial charge in [-0.3, -0.25) is 9.59 Å².